The van der Waals surface area contributed by atoms with Crippen molar-refractivity contribution in [3.05, 3.63) is 29.3 Å². The molecule has 0 saturated carbocycles. The quantitative estimate of drug-likeness (QED) is 0.526. The second-order valence-corrected chi connectivity index (χ2v) is 2.22. The van der Waals surface area contributed by atoms with Crippen LogP contribution >= 0.6 is 0 Å². The zero-order valence-electron chi connectivity index (χ0n) is 5.68. The van der Waals surface area contributed by atoms with Crippen LogP contribution in [0.3, 0.4) is 0 Å². The number of benzene rings is 1. The van der Waals surface area contributed by atoms with E-state index in [4.69, 9.17) is 5.11 Å². The summed E-state index contributed by atoms with van der Waals surface area (Å²) < 4.78 is 0. The second-order valence-electron chi connectivity index (χ2n) is 2.22. The predicted octanol–water partition coefficient (Wildman–Crippen LogP) is 1.36. The molecule has 0 saturated heterocycles. The van der Waals surface area contributed by atoms with Gasteiger partial charge in [-0.1, -0.05) is 12.1 Å². The van der Waals surface area contributed by atoms with E-state index in [9.17, 15) is 0 Å². The molecule has 0 aromatic heterocycles. The molecule has 0 radical (unpaired) electrons. The van der Waals surface area contributed by atoms with E-state index < -0.39 is 0 Å². The molecule has 10 heavy (non-hydrogen) atoms. The van der Waals surface area contributed by atoms with Crippen molar-refractivity contribution in [2.24, 2.45) is 0 Å². The molecule has 1 aromatic carbocycles. The molecule has 0 fully saturated rings. The van der Waals surface area contributed by atoms with Crippen LogP contribution in [0.25, 0.3) is 0 Å². The van der Waals surface area contributed by atoms with Gasteiger partial charge in [0.2, 0.25) is 0 Å². The Labute approximate surface area is 73.3 Å². The first-order valence-electron chi connectivity index (χ1n) is 2.97. The van der Waals surface area contributed by atoms with Crippen LogP contribution in [0.5, 0.6) is 5.75 Å². The Kier molecular flexibility index (Phi) is 3.56. The van der Waals surface area contributed by atoms with Crippen molar-refractivity contribution >= 4 is 18.9 Å². The van der Waals surface area contributed by atoms with Crippen LogP contribution in [-0.4, -0.2) is 24.0 Å². The number of hydrogen-bond donors (Lipinski definition) is 1. The van der Waals surface area contributed by atoms with E-state index in [-0.39, 0.29) is 18.9 Å². The molecule has 1 rings (SSSR count). The summed E-state index contributed by atoms with van der Waals surface area (Å²) in [4.78, 5) is 0. The van der Waals surface area contributed by atoms with Crippen LogP contribution in [0.15, 0.2) is 18.2 Å². The van der Waals surface area contributed by atoms with Gasteiger partial charge in [0, 0.05) is 0 Å². The standard InChI is InChI=1S/C8H10O.Li.H/c1-6-4-3-5-8(9)7(6)2;;/h3-5,9H,1-2H3;;. The maximum absolute atomic E-state index is 9.10. The average Bonchev–Trinajstić information content (AvgIpc) is 1.83. The summed E-state index contributed by atoms with van der Waals surface area (Å²) in [7, 11) is 0. The van der Waals surface area contributed by atoms with Crippen LogP contribution in [0.2, 0.25) is 0 Å². The number of phenols is 1. The van der Waals surface area contributed by atoms with Gasteiger partial charge in [-0.2, -0.15) is 0 Å². The Morgan fingerprint density at radius 1 is 1.20 bits per heavy atom. The van der Waals surface area contributed by atoms with Crippen molar-refractivity contribution in [1.29, 1.82) is 0 Å². The van der Waals surface area contributed by atoms with Gasteiger partial charge in [0.1, 0.15) is 5.75 Å². The average molecular weight is 130 g/mol. The number of hydrogen-bond acceptors (Lipinski definition) is 1. The Morgan fingerprint density at radius 2 is 1.80 bits per heavy atom. The van der Waals surface area contributed by atoms with Crippen molar-refractivity contribution in [2.75, 3.05) is 0 Å². The topological polar surface area (TPSA) is 20.2 Å². The van der Waals surface area contributed by atoms with E-state index in [1.54, 1.807) is 6.07 Å². The normalized spacial score (nSPS) is 8.60. The van der Waals surface area contributed by atoms with Gasteiger partial charge in [0.15, 0.2) is 0 Å². The molecule has 2 heteroatoms. The summed E-state index contributed by atoms with van der Waals surface area (Å²) in [5.74, 6) is 0.384. The molecule has 0 aliphatic rings. The van der Waals surface area contributed by atoms with E-state index in [1.165, 1.54) is 0 Å². The van der Waals surface area contributed by atoms with Crippen LogP contribution in [-0.2, 0) is 0 Å². The number of rotatable bonds is 0. The van der Waals surface area contributed by atoms with Crippen LogP contribution < -0.4 is 0 Å². The predicted molar refractivity (Wildman–Crippen MR) is 44.7 cm³/mol. The summed E-state index contributed by atoms with van der Waals surface area (Å²) in [5.41, 5.74) is 2.10. The first-order chi connectivity index (χ1) is 4.22. The third kappa shape index (κ3) is 1.80. The Morgan fingerprint density at radius 3 is 2.20 bits per heavy atom. The molecular formula is C8H11LiO. The molecule has 0 heterocycles. The Balaban J connectivity index is 0.000000810. The molecule has 0 atom stereocenters. The van der Waals surface area contributed by atoms with E-state index >= 15 is 0 Å². The first kappa shape index (κ1) is 9.62. The van der Waals surface area contributed by atoms with E-state index in [0.717, 1.165) is 11.1 Å². The van der Waals surface area contributed by atoms with Crippen molar-refractivity contribution in [2.45, 2.75) is 13.8 Å². The molecule has 0 unspecified atom stereocenters. The second kappa shape index (κ2) is 3.70. The third-order valence-electron chi connectivity index (χ3n) is 1.58. The van der Waals surface area contributed by atoms with Crippen molar-refractivity contribution in [1.82, 2.24) is 0 Å². The monoisotopic (exact) mass is 130 g/mol. The van der Waals surface area contributed by atoms with Crippen LogP contribution in [0.1, 0.15) is 11.1 Å². The van der Waals surface area contributed by atoms with Crippen LogP contribution in [0, 0.1) is 13.8 Å². The van der Waals surface area contributed by atoms with Gasteiger partial charge in [-0.3, -0.25) is 0 Å². The van der Waals surface area contributed by atoms with Crippen molar-refractivity contribution in [3.63, 3.8) is 0 Å². The van der Waals surface area contributed by atoms with Gasteiger partial charge >= 0.3 is 18.9 Å². The summed E-state index contributed by atoms with van der Waals surface area (Å²) in [6, 6.07) is 5.52. The minimum atomic E-state index is 0. The molecule has 0 spiro atoms. The van der Waals surface area contributed by atoms with Gasteiger partial charge < -0.3 is 5.11 Å². The molecule has 0 aliphatic carbocycles. The molecule has 0 bridgehead atoms. The fourth-order valence-electron chi connectivity index (χ4n) is 0.736. The van der Waals surface area contributed by atoms with Gasteiger partial charge in [0.05, 0.1) is 0 Å². The van der Waals surface area contributed by atoms with Gasteiger partial charge in [-0.25, -0.2) is 0 Å². The Bertz CT molecular complexity index is 200. The summed E-state index contributed by atoms with van der Waals surface area (Å²) in [5, 5.41) is 9.10. The fraction of sp³-hybridized carbons (Fsp3) is 0.250. The number of phenolic OH excluding ortho intramolecular Hbond substituents is 1. The zero-order valence-corrected chi connectivity index (χ0v) is 5.68. The van der Waals surface area contributed by atoms with E-state index in [1.807, 2.05) is 26.0 Å². The number of aryl methyl sites for hydroxylation is 1. The molecule has 50 valence electrons. The molecule has 0 amide bonds. The maximum atomic E-state index is 9.10. The zero-order chi connectivity index (χ0) is 6.85. The van der Waals surface area contributed by atoms with Gasteiger partial charge in [-0.15, -0.1) is 0 Å². The molecule has 1 nitrogen and oxygen atoms in total. The Hall–Kier alpha value is -0.383. The van der Waals surface area contributed by atoms with E-state index in [2.05, 4.69) is 0 Å². The number of aromatic hydroxyl groups is 1. The summed E-state index contributed by atoms with van der Waals surface area (Å²) in [6.45, 7) is 3.89. The third-order valence-corrected chi connectivity index (χ3v) is 1.58. The molecule has 1 aromatic rings. The SMILES string of the molecule is Cc1cccc(O)c1C.[LiH]. The molecule has 0 aliphatic heterocycles. The first-order valence-corrected chi connectivity index (χ1v) is 2.97. The minimum absolute atomic E-state index is 0. The fourth-order valence-corrected chi connectivity index (χ4v) is 0.736. The molecule has 1 N–H and O–H groups in total. The summed E-state index contributed by atoms with van der Waals surface area (Å²) >= 11 is 0. The van der Waals surface area contributed by atoms with Crippen LogP contribution in [0.4, 0.5) is 0 Å². The summed E-state index contributed by atoms with van der Waals surface area (Å²) in [6.07, 6.45) is 0. The van der Waals surface area contributed by atoms with Crippen molar-refractivity contribution in [3.8, 4) is 5.75 Å². The van der Waals surface area contributed by atoms with E-state index in [0.29, 0.717) is 5.75 Å². The van der Waals surface area contributed by atoms with Gasteiger partial charge in [-0.05, 0) is 31.0 Å². The van der Waals surface area contributed by atoms with Gasteiger partial charge in [0.25, 0.3) is 0 Å². The van der Waals surface area contributed by atoms with Crippen molar-refractivity contribution < 1.29 is 5.11 Å². The molecular weight excluding hydrogens is 119 g/mol.